The van der Waals surface area contributed by atoms with Crippen LogP contribution in [-0.4, -0.2) is 75.0 Å². The highest BCUT2D eigenvalue weighted by molar-refractivity contribution is 7.99. The van der Waals surface area contributed by atoms with Gasteiger partial charge in [-0.05, 0) is 26.2 Å². The molecule has 0 aromatic heterocycles. The minimum atomic E-state index is 0.383. The summed E-state index contributed by atoms with van der Waals surface area (Å²) in [7, 11) is 1.73. The topological polar surface area (TPSA) is 46.1 Å². The Labute approximate surface area is 145 Å². The molecule has 23 heavy (non-hydrogen) atoms. The molecule has 0 spiro atoms. The molecule has 5 nitrogen and oxygen atoms in total. The normalized spacial score (nSPS) is 16.6. The Morgan fingerprint density at radius 1 is 1.39 bits per heavy atom. The van der Waals surface area contributed by atoms with E-state index in [9.17, 15) is 0 Å². The molecule has 0 aromatic rings. The van der Waals surface area contributed by atoms with Gasteiger partial charge in [0.25, 0.3) is 0 Å². The van der Waals surface area contributed by atoms with Gasteiger partial charge >= 0.3 is 0 Å². The van der Waals surface area contributed by atoms with Crippen LogP contribution in [0.3, 0.4) is 0 Å². The number of hydrogen-bond donors (Lipinski definition) is 1. The van der Waals surface area contributed by atoms with Crippen LogP contribution in [0.5, 0.6) is 0 Å². The predicted octanol–water partition coefficient (Wildman–Crippen LogP) is 2.39. The first-order chi connectivity index (χ1) is 11.3. The molecule has 0 atom stereocenters. The summed E-state index contributed by atoms with van der Waals surface area (Å²) >= 11 is 1.87. The Balaban J connectivity index is 2.29. The molecule has 0 bridgehead atoms. The van der Waals surface area contributed by atoms with Gasteiger partial charge in [0.1, 0.15) is 0 Å². The molecule has 0 aromatic carbocycles. The molecule has 134 valence electrons. The molecule has 0 radical (unpaired) electrons. The molecule has 6 heteroatoms. The largest absolute Gasteiger partial charge is 0.385 e. The van der Waals surface area contributed by atoms with Crippen molar-refractivity contribution in [3.63, 3.8) is 0 Å². The van der Waals surface area contributed by atoms with Crippen molar-refractivity contribution in [1.29, 1.82) is 0 Å². The molecule has 1 saturated heterocycles. The Kier molecular flexibility index (Phi) is 12.1. The first kappa shape index (κ1) is 20.3. The molecule has 1 N–H and O–H groups in total. The number of thioether (sulfide) groups is 1. The lowest BCUT2D eigenvalue weighted by Crippen LogP contribution is -2.47. The highest BCUT2D eigenvalue weighted by atomic mass is 32.2. The quantitative estimate of drug-likeness (QED) is 0.270. The van der Waals surface area contributed by atoms with Crippen molar-refractivity contribution in [2.75, 3.05) is 58.0 Å². The zero-order valence-corrected chi connectivity index (χ0v) is 15.6. The maximum Gasteiger partial charge on any atom is 0.193 e. The van der Waals surface area contributed by atoms with Gasteiger partial charge < -0.3 is 19.7 Å². The maximum absolute atomic E-state index is 5.92. The summed E-state index contributed by atoms with van der Waals surface area (Å²) in [6, 6.07) is 0. The number of ether oxygens (including phenoxy) is 2. The summed E-state index contributed by atoms with van der Waals surface area (Å²) in [4.78, 5) is 7.10. The second kappa shape index (κ2) is 13.7. The fourth-order valence-corrected chi connectivity index (χ4v) is 3.05. The van der Waals surface area contributed by atoms with Gasteiger partial charge in [0.05, 0.1) is 12.6 Å². The van der Waals surface area contributed by atoms with E-state index in [1.165, 1.54) is 0 Å². The Bertz CT molecular complexity index is 332. The van der Waals surface area contributed by atoms with E-state index in [4.69, 9.17) is 14.5 Å². The Morgan fingerprint density at radius 3 is 2.83 bits per heavy atom. The monoisotopic (exact) mass is 343 g/mol. The lowest BCUT2D eigenvalue weighted by atomic mass is 10.1. The lowest BCUT2D eigenvalue weighted by Gasteiger charge is -2.34. The van der Waals surface area contributed by atoms with Crippen molar-refractivity contribution in [1.82, 2.24) is 10.2 Å². The van der Waals surface area contributed by atoms with Gasteiger partial charge in [0.2, 0.25) is 0 Å². The smallest absolute Gasteiger partial charge is 0.193 e. The van der Waals surface area contributed by atoms with Crippen LogP contribution >= 0.6 is 11.8 Å². The lowest BCUT2D eigenvalue weighted by molar-refractivity contribution is 0.00991. The van der Waals surface area contributed by atoms with E-state index < -0.39 is 0 Å². The van der Waals surface area contributed by atoms with Crippen LogP contribution in [0.2, 0.25) is 0 Å². The van der Waals surface area contributed by atoms with E-state index >= 15 is 0 Å². The Morgan fingerprint density at radius 2 is 2.17 bits per heavy atom. The minimum absolute atomic E-state index is 0.383. The van der Waals surface area contributed by atoms with Crippen LogP contribution in [0, 0.1) is 0 Å². The molecular formula is C17H33N3O2S. The number of nitrogens with one attached hydrogen (secondary N) is 1. The minimum Gasteiger partial charge on any atom is -0.385 e. The summed E-state index contributed by atoms with van der Waals surface area (Å²) in [6.45, 7) is 11.2. The van der Waals surface area contributed by atoms with E-state index in [0.29, 0.717) is 6.10 Å². The third kappa shape index (κ3) is 9.23. The van der Waals surface area contributed by atoms with Crippen LogP contribution < -0.4 is 5.32 Å². The van der Waals surface area contributed by atoms with Crippen LogP contribution in [0.15, 0.2) is 17.6 Å². The second-order valence-electron chi connectivity index (χ2n) is 5.50. The average molecular weight is 344 g/mol. The second-order valence-corrected chi connectivity index (χ2v) is 6.65. The number of aliphatic imine (C=N–C) groups is 1. The summed E-state index contributed by atoms with van der Waals surface area (Å²) in [6.07, 6.45) is 5.44. The number of methoxy groups -OCH3 is 1. The standard InChI is InChI=1S/C17H33N3O2S/c1-4-14-23-15-9-19-17(18-5-2)20-10-7-16(8-11-20)22-13-6-12-21-3/h4,16H,1,5-15H2,2-3H3,(H,18,19). The molecule has 1 aliphatic rings. The number of hydrogen-bond acceptors (Lipinski definition) is 4. The highest BCUT2D eigenvalue weighted by Crippen LogP contribution is 2.14. The number of piperidine rings is 1. The maximum atomic E-state index is 5.92. The van der Waals surface area contributed by atoms with E-state index in [0.717, 1.165) is 76.1 Å². The van der Waals surface area contributed by atoms with Crippen LogP contribution in [-0.2, 0) is 9.47 Å². The van der Waals surface area contributed by atoms with Gasteiger partial charge in [-0.2, -0.15) is 11.8 Å². The van der Waals surface area contributed by atoms with Gasteiger partial charge in [0, 0.05) is 51.5 Å². The summed E-state index contributed by atoms with van der Waals surface area (Å²) in [5.41, 5.74) is 0. The van der Waals surface area contributed by atoms with Crippen molar-refractivity contribution in [2.24, 2.45) is 4.99 Å². The SMILES string of the molecule is C=CCSCCN=C(NCC)N1CCC(OCCCOC)CC1. The van der Waals surface area contributed by atoms with Crippen LogP contribution in [0.25, 0.3) is 0 Å². The average Bonchev–Trinajstić information content (AvgIpc) is 2.58. The number of likely N-dealkylation sites (tertiary alicyclic amines) is 1. The predicted molar refractivity (Wildman–Crippen MR) is 101 cm³/mol. The van der Waals surface area contributed by atoms with Gasteiger partial charge in [-0.1, -0.05) is 6.08 Å². The molecule has 1 aliphatic heterocycles. The zero-order valence-electron chi connectivity index (χ0n) is 14.8. The first-order valence-electron chi connectivity index (χ1n) is 8.64. The van der Waals surface area contributed by atoms with Crippen molar-refractivity contribution in [2.45, 2.75) is 32.3 Å². The van der Waals surface area contributed by atoms with Crippen molar-refractivity contribution < 1.29 is 9.47 Å². The van der Waals surface area contributed by atoms with Crippen LogP contribution in [0.1, 0.15) is 26.2 Å². The van der Waals surface area contributed by atoms with Crippen LogP contribution in [0.4, 0.5) is 0 Å². The van der Waals surface area contributed by atoms with Gasteiger partial charge in [-0.3, -0.25) is 4.99 Å². The van der Waals surface area contributed by atoms with Gasteiger partial charge in [-0.15, -0.1) is 6.58 Å². The molecular weight excluding hydrogens is 310 g/mol. The third-order valence-electron chi connectivity index (χ3n) is 3.66. The molecule has 1 rings (SSSR count). The van der Waals surface area contributed by atoms with Gasteiger partial charge in [-0.25, -0.2) is 0 Å². The van der Waals surface area contributed by atoms with E-state index in [1.54, 1.807) is 7.11 Å². The zero-order chi connectivity index (χ0) is 16.8. The molecule has 1 fully saturated rings. The molecule has 1 heterocycles. The molecule has 0 amide bonds. The van der Waals surface area contributed by atoms with E-state index in [1.807, 2.05) is 17.8 Å². The number of nitrogens with zero attached hydrogens (tertiary/aromatic N) is 2. The summed E-state index contributed by atoms with van der Waals surface area (Å²) in [5, 5.41) is 3.41. The van der Waals surface area contributed by atoms with Crippen molar-refractivity contribution >= 4 is 17.7 Å². The third-order valence-corrected chi connectivity index (χ3v) is 4.60. The van der Waals surface area contributed by atoms with Crippen molar-refractivity contribution in [3.05, 3.63) is 12.7 Å². The Hall–Kier alpha value is -0.720. The first-order valence-corrected chi connectivity index (χ1v) is 9.79. The van der Waals surface area contributed by atoms with Gasteiger partial charge in [0.15, 0.2) is 5.96 Å². The fourth-order valence-electron chi connectivity index (χ4n) is 2.50. The van der Waals surface area contributed by atoms with E-state index in [-0.39, 0.29) is 0 Å². The number of guanidine groups is 1. The molecule has 0 saturated carbocycles. The summed E-state index contributed by atoms with van der Waals surface area (Å²) in [5.74, 6) is 3.09. The highest BCUT2D eigenvalue weighted by Gasteiger charge is 2.21. The number of rotatable bonds is 11. The summed E-state index contributed by atoms with van der Waals surface area (Å²) < 4.78 is 11.0. The molecule has 0 unspecified atom stereocenters. The molecule has 0 aliphatic carbocycles. The van der Waals surface area contributed by atoms with Crippen molar-refractivity contribution in [3.8, 4) is 0 Å². The fraction of sp³-hybridized carbons (Fsp3) is 0.824. The van der Waals surface area contributed by atoms with E-state index in [2.05, 4.69) is 23.7 Å².